The van der Waals surface area contributed by atoms with Crippen LogP contribution in [-0.4, -0.2) is 65.7 Å². The molecule has 9 heteroatoms. The summed E-state index contributed by atoms with van der Waals surface area (Å²) in [5, 5.41) is 2.86. The molecular weight excluding hydrogens is 308 g/mol. The van der Waals surface area contributed by atoms with Gasteiger partial charge in [0.15, 0.2) is 0 Å². The summed E-state index contributed by atoms with van der Waals surface area (Å²) in [6, 6.07) is -0.392. The summed E-state index contributed by atoms with van der Waals surface area (Å²) in [6.45, 7) is 9.08. The van der Waals surface area contributed by atoms with E-state index in [9.17, 15) is 13.2 Å². The van der Waals surface area contributed by atoms with E-state index in [0.29, 0.717) is 32.7 Å². The highest BCUT2D eigenvalue weighted by Crippen LogP contribution is 2.10. The summed E-state index contributed by atoms with van der Waals surface area (Å²) in [4.78, 5) is 17.6. The van der Waals surface area contributed by atoms with Crippen LogP contribution in [0, 0.1) is 0 Å². The maximum absolute atomic E-state index is 12.3. The van der Waals surface area contributed by atoms with Crippen LogP contribution in [-0.2, 0) is 14.6 Å². The monoisotopic (exact) mass is 332 g/mol. The Hall–Kier alpha value is -1.48. The smallest absolute Gasteiger partial charge is 0.346 e. The van der Waals surface area contributed by atoms with Gasteiger partial charge in [-0.2, -0.15) is 4.68 Å². The Balaban J connectivity index is 2.78. The lowest BCUT2D eigenvalue weighted by Crippen LogP contribution is -2.36. The summed E-state index contributed by atoms with van der Waals surface area (Å²) in [5.74, 6) is 0. The molecule has 0 saturated carbocycles. The molecule has 0 N–H and O–H groups in total. The van der Waals surface area contributed by atoms with Gasteiger partial charge in [-0.1, -0.05) is 0 Å². The standard InChI is InChI=1S/C13H24N4O4S/c1-5-16(8-7-9-21-6-2)13(18)17-10-14-12(15-17)22(19,20)11(3)4/h10-11H,5-9H2,1-4H3. The minimum atomic E-state index is -3.58. The Morgan fingerprint density at radius 3 is 2.64 bits per heavy atom. The van der Waals surface area contributed by atoms with E-state index in [1.165, 1.54) is 0 Å². The van der Waals surface area contributed by atoms with E-state index in [4.69, 9.17) is 4.74 Å². The number of amides is 1. The van der Waals surface area contributed by atoms with Gasteiger partial charge in [0, 0.05) is 26.3 Å². The highest BCUT2D eigenvalue weighted by Gasteiger charge is 2.25. The van der Waals surface area contributed by atoms with Crippen molar-refractivity contribution in [3.8, 4) is 0 Å². The van der Waals surface area contributed by atoms with Gasteiger partial charge in [-0.15, -0.1) is 5.10 Å². The molecule has 1 aromatic rings. The molecule has 0 bridgehead atoms. The van der Waals surface area contributed by atoms with E-state index in [1.54, 1.807) is 18.7 Å². The molecule has 8 nitrogen and oxygen atoms in total. The number of carbonyl (C=O) groups is 1. The number of hydrogen-bond acceptors (Lipinski definition) is 6. The quantitative estimate of drug-likeness (QED) is 0.663. The predicted octanol–water partition coefficient (Wildman–Crippen LogP) is 1.18. The number of nitrogens with zero attached hydrogens (tertiary/aromatic N) is 4. The van der Waals surface area contributed by atoms with Crippen LogP contribution in [0.15, 0.2) is 11.5 Å². The molecule has 126 valence electrons. The van der Waals surface area contributed by atoms with Crippen molar-refractivity contribution in [1.82, 2.24) is 19.7 Å². The molecule has 0 fully saturated rings. The van der Waals surface area contributed by atoms with Gasteiger partial charge in [-0.05, 0) is 34.1 Å². The molecule has 0 saturated heterocycles. The molecule has 22 heavy (non-hydrogen) atoms. The number of hydrogen-bond donors (Lipinski definition) is 0. The highest BCUT2D eigenvalue weighted by atomic mass is 32.2. The van der Waals surface area contributed by atoms with Crippen LogP contribution >= 0.6 is 0 Å². The summed E-state index contributed by atoms with van der Waals surface area (Å²) in [7, 11) is -3.58. The Kier molecular flexibility index (Phi) is 6.95. The van der Waals surface area contributed by atoms with Gasteiger partial charge in [0.1, 0.15) is 6.33 Å². The second kappa shape index (κ2) is 8.23. The summed E-state index contributed by atoms with van der Waals surface area (Å²) in [6.07, 6.45) is 1.85. The first kappa shape index (κ1) is 18.6. The highest BCUT2D eigenvalue weighted by molar-refractivity contribution is 7.91. The zero-order valence-corrected chi connectivity index (χ0v) is 14.3. The van der Waals surface area contributed by atoms with Gasteiger partial charge in [0.25, 0.3) is 5.16 Å². The Morgan fingerprint density at radius 1 is 1.41 bits per heavy atom. The maximum atomic E-state index is 12.3. The van der Waals surface area contributed by atoms with Crippen LogP contribution in [0.4, 0.5) is 4.79 Å². The molecule has 1 rings (SSSR count). The Bertz CT molecular complexity index is 583. The molecule has 1 aromatic heterocycles. The third kappa shape index (κ3) is 4.51. The maximum Gasteiger partial charge on any atom is 0.346 e. The summed E-state index contributed by atoms with van der Waals surface area (Å²) < 4.78 is 30.2. The molecule has 1 heterocycles. The van der Waals surface area contributed by atoms with Gasteiger partial charge in [0.05, 0.1) is 5.25 Å². The van der Waals surface area contributed by atoms with Crippen molar-refractivity contribution in [2.45, 2.75) is 44.5 Å². The topological polar surface area (TPSA) is 94.4 Å². The molecule has 0 spiro atoms. The number of rotatable bonds is 8. The summed E-state index contributed by atoms with van der Waals surface area (Å²) in [5.41, 5.74) is 0. The molecule has 0 radical (unpaired) electrons. The predicted molar refractivity (Wildman–Crippen MR) is 81.5 cm³/mol. The molecule has 0 aliphatic heterocycles. The van der Waals surface area contributed by atoms with Gasteiger partial charge in [-0.25, -0.2) is 18.2 Å². The number of carbonyl (C=O) groups excluding carboxylic acids is 1. The second-order valence-corrected chi connectivity index (χ2v) is 7.38. The fourth-order valence-electron chi connectivity index (χ4n) is 1.72. The third-order valence-electron chi connectivity index (χ3n) is 3.11. The Labute approximate surface area is 131 Å². The fourth-order valence-corrected chi connectivity index (χ4v) is 2.53. The first-order valence-corrected chi connectivity index (χ1v) is 8.91. The lowest BCUT2D eigenvalue weighted by molar-refractivity contribution is 0.134. The van der Waals surface area contributed by atoms with Crippen molar-refractivity contribution in [3.63, 3.8) is 0 Å². The average Bonchev–Trinajstić information content (AvgIpc) is 2.97. The van der Waals surface area contributed by atoms with Gasteiger partial charge >= 0.3 is 6.03 Å². The van der Waals surface area contributed by atoms with E-state index in [0.717, 1.165) is 11.0 Å². The van der Waals surface area contributed by atoms with Crippen molar-refractivity contribution in [2.24, 2.45) is 0 Å². The van der Waals surface area contributed by atoms with E-state index in [1.807, 2.05) is 13.8 Å². The van der Waals surface area contributed by atoms with Crippen molar-refractivity contribution in [2.75, 3.05) is 26.3 Å². The van der Waals surface area contributed by atoms with Crippen LogP contribution in [0.2, 0.25) is 0 Å². The van der Waals surface area contributed by atoms with Crippen LogP contribution in [0.1, 0.15) is 34.1 Å². The Morgan fingerprint density at radius 2 is 2.09 bits per heavy atom. The molecule has 0 unspecified atom stereocenters. The molecule has 0 aliphatic rings. The third-order valence-corrected chi connectivity index (χ3v) is 5.05. The van der Waals surface area contributed by atoms with Crippen LogP contribution in [0.5, 0.6) is 0 Å². The number of aromatic nitrogens is 3. The normalized spacial score (nSPS) is 11.9. The largest absolute Gasteiger partial charge is 0.382 e. The van der Waals surface area contributed by atoms with Crippen molar-refractivity contribution in [3.05, 3.63) is 6.33 Å². The fraction of sp³-hybridized carbons (Fsp3) is 0.769. The first-order valence-electron chi connectivity index (χ1n) is 7.37. The van der Waals surface area contributed by atoms with E-state index >= 15 is 0 Å². The molecule has 0 atom stereocenters. The second-order valence-electron chi connectivity index (χ2n) is 4.98. The van der Waals surface area contributed by atoms with Gasteiger partial charge in [0.2, 0.25) is 9.84 Å². The molecular formula is C13H24N4O4S. The minimum absolute atomic E-state index is 0.318. The number of sulfone groups is 1. The van der Waals surface area contributed by atoms with Crippen molar-refractivity contribution >= 4 is 15.9 Å². The zero-order chi connectivity index (χ0) is 16.8. The van der Waals surface area contributed by atoms with Crippen molar-refractivity contribution < 1.29 is 17.9 Å². The van der Waals surface area contributed by atoms with E-state index < -0.39 is 21.1 Å². The van der Waals surface area contributed by atoms with Crippen LogP contribution in [0.25, 0.3) is 0 Å². The molecule has 1 amide bonds. The number of ether oxygens (including phenoxy) is 1. The lowest BCUT2D eigenvalue weighted by atomic mass is 10.4. The molecule has 0 aliphatic carbocycles. The minimum Gasteiger partial charge on any atom is -0.382 e. The first-order chi connectivity index (χ1) is 10.3. The average molecular weight is 332 g/mol. The van der Waals surface area contributed by atoms with Crippen LogP contribution < -0.4 is 0 Å². The van der Waals surface area contributed by atoms with E-state index in [-0.39, 0.29) is 5.16 Å². The molecule has 0 aromatic carbocycles. The van der Waals surface area contributed by atoms with E-state index in [2.05, 4.69) is 10.1 Å². The zero-order valence-electron chi connectivity index (χ0n) is 13.5. The van der Waals surface area contributed by atoms with Crippen molar-refractivity contribution in [1.29, 1.82) is 0 Å². The summed E-state index contributed by atoms with van der Waals surface area (Å²) >= 11 is 0. The van der Waals surface area contributed by atoms with Crippen LogP contribution in [0.3, 0.4) is 0 Å². The SMILES string of the molecule is CCOCCCN(CC)C(=O)n1cnc(S(=O)(=O)C(C)C)n1. The lowest BCUT2D eigenvalue weighted by Gasteiger charge is -2.19. The van der Waals surface area contributed by atoms with Gasteiger partial charge < -0.3 is 9.64 Å². The van der Waals surface area contributed by atoms with Gasteiger partial charge in [-0.3, -0.25) is 0 Å².